The van der Waals surface area contributed by atoms with Gasteiger partial charge in [-0.25, -0.2) is 0 Å². The van der Waals surface area contributed by atoms with Crippen molar-refractivity contribution in [3.05, 3.63) is 23.8 Å². The van der Waals surface area contributed by atoms with Crippen molar-refractivity contribution in [2.75, 3.05) is 33.6 Å². The van der Waals surface area contributed by atoms with Gasteiger partial charge in [0.15, 0.2) is 0 Å². The van der Waals surface area contributed by atoms with E-state index in [-0.39, 0.29) is 11.0 Å². The molecule has 1 aliphatic rings. The molecule has 4 heteroatoms. The molecule has 0 aromatic rings. The second-order valence-electron chi connectivity index (χ2n) is 6.15. The summed E-state index contributed by atoms with van der Waals surface area (Å²) in [5.74, 6) is 0.979. The van der Waals surface area contributed by atoms with E-state index in [1.165, 1.54) is 24.8 Å². The van der Waals surface area contributed by atoms with Crippen LogP contribution in [0.2, 0.25) is 0 Å². The highest BCUT2D eigenvalue weighted by Gasteiger charge is 2.43. The van der Waals surface area contributed by atoms with E-state index in [4.69, 9.17) is 27.9 Å². The van der Waals surface area contributed by atoms with E-state index in [9.17, 15) is 0 Å². The lowest BCUT2D eigenvalue weighted by Gasteiger charge is -2.45. The summed E-state index contributed by atoms with van der Waals surface area (Å²) in [6, 6.07) is 0. The number of methoxy groups -OCH3 is 1. The van der Waals surface area contributed by atoms with Crippen molar-refractivity contribution >= 4 is 23.2 Å². The summed E-state index contributed by atoms with van der Waals surface area (Å²) in [5.41, 5.74) is 0.943. The molecule has 1 saturated carbocycles. The first-order valence-corrected chi connectivity index (χ1v) is 8.72. The number of nitrogens with zero attached hydrogens (tertiary/aromatic N) is 1. The van der Waals surface area contributed by atoms with Gasteiger partial charge in [0.25, 0.3) is 0 Å². The zero-order valence-electron chi connectivity index (χ0n) is 13.7. The van der Waals surface area contributed by atoms with Gasteiger partial charge in [-0.3, -0.25) is 0 Å². The molecule has 3 atom stereocenters. The van der Waals surface area contributed by atoms with E-state index in [0.717, 1.165) is 13.0 Å². The number of allylic oxidation sites excluding steroid dienone is 2. The van der Waals surface area contributed by atoms with Gasteiger partial charge in [-0.2, -0.15) is 0 Å². The van der Waals surface area contributed by atoms with Gasteiger partial charge in [0.2, 0.25) is 0 Å². The van der Waals surface area contributed by atoms with Crippen LogP contribution in [-0.4, -0.2) is 49.5 Å². The fourth-order valence-corrected chi connectivity index (χ4v) is 3.60. The minimum absolute atomic E-state index is 0.00789. The van der Waals surface area contributed by atoms with Crippen molar-refractivity contribution in [1.82, 2.24) is 4.90 Å². The molecule has 0 N–H and O–H groups in total. The van der Waals surface area contributed by atoms with Gasteiger partial charge in [-0.15, -0.1) is 23.2 Å². The monoisotopic (exact) mass is 333 g/mol. The highest BCUT2D eigenvalue weighted by atomic mass is 35.5. The van der Waals surface area contributed by atoms with E-state index in [0.29, 0.717) is 11.8 Å². The maximum Gasteiger partial charge on any atom is 0.0964 e. The Balaban J connectivity index is 3.13. The average molecular weight is 334 g/mol. The Kier molecular flexibility index (Phi) is 8.33. The fourth-order valence-electron chi connectivity index (χ4n) is 3.36. The molecule has 21 heavy (non-hydrogen) atoms. The third kappa shape index (κ3) is 5.28. The lowest BCUT2D eigenvalue weighted by atomic mass is 9.70. The third-order valence-corrected chi connectivity index (χ3v) is 4.59. The van der Waals surface area contributed by atoms with Crippen molar-refractivity contribution in [3.8, 4) is 0 Å². The first-order valence-electron chi connectivity index (χ1n) is 7.75. The van der Waals surface area contributed by atoms with Crippen molar-refractivity contribution in [2.45, 2.75) is 43.6 Å². The molecule has 1 unspecified atom stereocenters. The molecule has 0 aromatic carbocycles. The number of rotatable bonds is 7. The van der Waals surface area contributed by atoms with Gasteiger partial charge in [0, 0.05) is 30.8 Å². The summed E-state index contributed by atoms with van der Waals surface area (Å²) in [7, 11) is 6.07. The minimum atomic E-state index is -0.236. The number of ether oxygens (including phenoxy) is 1. The van der Waals surface area contributed by atoms with Gasteiger partial charge in [0.1, 0.15) is 0 Å². The lowest BCUT2D eigenvalue weighted by Crippen LogP contribution is -2.48. The quantitative estimate of drug-likeness (QED) is 0.503. The van der Waals surface area contributed by atoms with E-state index in [1.54, 1.807) is 0 Å². The molecule has 0 bridgehead atoms. The molecular formula is C17H29Cl2NO. The molecule has 1 aliphatic carbocycles. The van der Waals surface area contributed by atoms with Crippen LogP contribution in [-0.2, 0) is 4.74 Å². The molecule has 0 spiro atoms. The Morgan fingerprint density at radius 2 is 2.14 bits per heavy atom. The molecule has 122 valence electrons. The Morgan fingerprint density at radius 1 is 1.43 bits per heavy atom. The van der Waals surface area contributed by atoms with E-state index in [1.807, 2.05) is 20.1 Å². The van der Waals surface area contributed by atoms with Crippen molar-refractivity contribution in [1.29, 1.82) is 0 Å². The van der Waals surface area contributed by atoms with Crippen LogP contribution >= 0.6 is 23.2 Å². The standard InChI is InChI=1S/C17H29Cl2NO/c1-14(19)8-9-15(10-12-18)17(21-4)11-6-5-7-16(17)13-20(2)3/h8-10,14,16H,5-7,11-13H2,1-4H3/b9-8-,15-10+/t14?,16-,17+/m0/s1. The molecular weight excluding hydrogens is 305 g/mol. The smallest absolute Gasteiger partial charge is 0.0964 e. The van der Waals surface area contributed by atoms with E-state index < -0.39 is 0 Å². The van der Waals surface area contributed by atoms with Crippen molar-refractivity contribution in [2.24, 2.45) is 5.92 Å². The summed E-state index contributed by atoms with van der Waals surface area (Å²) in [6.07, 6.45) is 10.9. The molecule has 1 rings (SSSR count). The Morgan fingerprint density at radius 3 is 2.67 bits per heavy atom. The number of hydrogen-bond acceptors (Lipinski definition) is 2. The van der Waals surface area contributed by atoms with Gasteiger partial charge in [-0.1, -0.05) is 31.1 Å². The largest absolute Gasteiger partial charge is 0.373 e. The Hall–Kier alpha value is -0.0200. The van der Waals surface area contributed by atoms with Gasteiger partial charge in [-0.05, 0) is 39.4 Å². The topological polar surface area (TPSA) is 12.5 Å². The van der Waals surface area contributed by atoms with Crippen molar-refractivity contribution < 1.29 is 4.74 Å². The average Bonchev–Trinajstić information content (AvgIpc) is 2.43. The molecule has 1 fully saturated rings. The summed E-state index contributed by atoms with van der Waals surface area (Å²) in [4.78, 5) is 2.25. The highest BCUT2D eigenvalue weighted by Crippen LogP contribution is 2.42. The third-order valence-electron chi connectivity index (χ3n) is 4.29. The second kappa shape index (κ2) is 9.19. The van der Waals surface area contributed by atoms with Crippen LogP contribution in [0.15, 0.2) is 23.8 Å². The zero-order valence-corrected chi connectivity index (χ0v) is 15.3. The van der Waals surface area contributed by atoms with Crippen LogP contribution < -0.4 is 0 Å². The van der Waals surface area contributed by atoms with Crippen LogP contribution in [0.5, 0.6) is 0 Å². The molecule has 0 aliphatic heterocycles. The van der Waals surface area contributed by atoms with E-state index in [2.05, 4.69) is 31.1 Å². The Labute approximate surface area is 140 Å². The van der Waals surface area contributed by atoms with E-state index >= 15 is 0 Å². The van der Waals surface area contributed by atoms with Crippen LogP contribution in [0.3, 0.4) is 0 Å². The molecule has 0 aromatic heterocycles. The highest BCUT2D eigenvalue weighted by molar-refractivity contribution is 6.21. The van der Waals surface area contributed by atoms with Crippen LogP contribution in [0, 0.1) is 5.92 Å². The van der Waals surface area contributed by atoms with Gasteiger partial charge >= 0.3 is 0 Å². The normalized spacial score (nSPS) is 29.3. The predicted molar refractivity (Wildman–Crippen MR) is 93.5 cm³/mol. The number of hydrogen-bond donors (Lipinski definition) is 0. The van der Waals surface area contributed by atoms with Gasteiger partial charge < -0.3 is 9.64 Å². The lowest BCUT2D eigenvalue weighted by molar-refractivity contribution is -0.0574. The summed E-state index contributed by atoms with van der Waals surface area (Å²) >= 11 is 12.1. The van der Waals surface area contributed by atoms with Gasteiger partial charge in [0.05, 0.1) is 5.60 Å². The summed E-state index contributed by atoms with van der Waals surface area (Å²) < 4.78 is 6.09. The number of halogens is 2. The summed E-state index contributed by atoms with van der Waals surface area (Å²) in [5, 5.41) is 0.00789. The molecule has 0 heterocycles. The predicted octanol–water partition coefficient (Wildman–Crippen LogP) is 4.47. The molecule has 2 nitrogen and oxygen atoms in total. The maximum absolute atomic E-state index is 6.09. The maximum atomic E-state index is 6.09. The number of alkyl halides is 2. The molecule has 0 radical (unpaired) electrons. The van der Waals surface area contributed by atoms with Crippen LogP contribution in [0.25, 0.3) is 0 Å². The first-order chi connectivity index (χ1) is 9.96. The minimum Gasteiger partial charge on any atom is -0.373 e. The first kappa shape index (κ1) is 19.0. The molecule has 0 amide bonds. The van der Waals surface area contributed by atoms with Crippen molar-refractivity contribution in [3.63, 3.8) is 0 Å². The zero-order chi connectivity index (χ0) is 15.9. The van der Waals surface area contributed by atoms with Crippen LogP contribution in [0.4, 0.5) is 0 Å². The Bertz CT molecular complexity index is 366. The van der Waals surface area contributed by atoms with Crippen LogP contribution in [0.1, 0.15) is 32.6 Å². The summed E-state index contributed by atoms with van der Waals surface area (Å²) in [6.45, 7) is 2.99. The fraction of sp³-hybridized carbons (Fsp3) is 0.765. The molecule has 0 saturated heterocycles. The SMILES string of the molecule is CO[C@@]1(C(/C=C\C(C)Cl)=C/CCl)CCCC[C@H]1CN(C)C. The second-order valence-corrected chi connectivity index (χ2v) is 7.15.